The van der Waals surface area contributed by atoms with Crippen molar-refractivity contribution in [3.63, 3.8) is 0 Å². The highest BCUT2D eigenvalue weighted by Gasteiger charge is 2.25. The first-order valence-electron chi connectivity index (χ1n) is 10.9. The lowest BCUT2D eigenvalue weighted by Gasteiger charge is -2.09. The van der Waals surface area contributed by atoms with Gasteiger partial charge in [-0.1, -0.05) is 30.3 Å². The average Bonchev–Trinajstić information content (AvgIpc) is 3.42. The predicted octanol–water partition coefficient (Wildman–Crippen LogP) is 4.12. The highest BCUT2D eigenvalue weighted by molar-refractivity contribution is 6.11. The van der Waals surface area contributed by atoms with Crippen LogP contribution in [0.4, 0.5) is 5.82 Å². The molecule has 0 bridgehead atoms. The van der Waals surface area contributed by atoms with Crippen molar-refractivity contribution in [3.8, 4) is 17.2 Å². The van der Waals surface area contributed by atoms with Gasteiger partial charge in [0.2, 0.25) is 6.79 Å². The number of nitrogens with zero attached hydrogens (tertiary/aromatic N) is 3. The summed E-state index contributed by atoms with van der Waals surface area (Å²) in [6.45, 7) is 2.51. The van der Waals surface area contributed by atoms with Crippen molar-refractivity contribution in [2.24, 2.45) is 0 Å². The topological polar surface area (TPSA) is 104 Å². The fourth-order valence-corrected chi connectivity index (χ4v) is 4.24. The molecule has 168 valence electrons. The molecule has 6 rings (SSSR count). The van der Waals surface area contributed by atoms with Crippen molar-refractivity contribution in [1.82, 2.24) is 19.9 Å². The van der Waals surface area contributed by atoms with E-state index in [1.54, 1.807) is 4.57 Å². The highest BCUT2D eigenvalue weighted by atomic mass is 16.7. The molecule has 34 heavy (non-hydrogen) atoms. The van der Waals surface area contributed by atoms with Gasteiger partial charge < -0.3 is 20.5 Å². The maximum atomic E-state index is 13.4. The maximum absolute atomic E-state index is 13.4. The molecule has 1 aliphatic heterocycles. The fraction of sp³-hybridized carbons (Fsp3) is 0.115. The summed E-state index contributed by atoms with van der Waals surface area (Å²) in [7, 11) is 0. The van der Waals surface area contributed by atoms with Crippen LogP contribution in [0, 0.1) is 6.92 Å². The van der Waals surface area contributed by atoms with E-state index in [-0.39, 0.29) is 12.7 Å². The van der Waals surface area contributed by atoms with Gasteiger partial charge in [0, 0.05) is 12.2 Å². The van der Waals surface area contributed by atoms with Crippen molar-refractivity contribution in [3.05, 3.63) is 83.4 Å². The molecule has 2 aromatic heterocycles. The zero-order valence-corrected chi connectivity index (χ0v) is 18.4. The number of hydrogen-bond acceptors (Lipinski definition) is 6. The number of aryl methyl sites for hydroxylation is 1. The van der Waals surface area contributed by atoms with Gasteiger partial charge in [-0.3, -0.25) is 9.36 Å². The molecule has 0 saturated carbocycles. The van der Waals surface area contributed by atoms with E-state index in [1.165, 1.54) is 0 Å². The van der Waals surface area contributed by atoms with E-state index < -0.39 is 0 Å². The molecule has 8 heteroatoms. The van der Waals surface area contributed by atoms with E-state index in [0.29, 0.717) is 46.1 Å². The number of nitrogens with two attached hydrogens (primary N) is 1. The Morgan fingerprint density at radius 1 is 1.00 bits per heavy atom. The molecule has 1 amide bonds. The van der Waals surface area contributed by atoms with Crippen molar-refractivity contribution in [1.29, 1.82) is 0 Å². The Bertz CT molecular complexity index is 1590. The van der Waals surface area contributed by atoms with Crippen LogP contribution in [0.1, 0.15) is 21.5 Å². The number of amides is 1. The summed E-state index contributed by atoms with van der Waals surface area (Å²) in [6, 6.07) is 21.0. The van der Waals surface area contributed by atoms with Gasteiger partial charge in [-0.15, -0.1) is 0 Å². The van der Waals surface area contributed by atoms with E-state index in [1.807, 2.05) is 73.7 Å². The monoisotopic (exact) mass is 451 g/mol. The van der Waals surface area contributed by atoms with Crippen molar-refractivity contribution in [2.45, 2.75) is 13.5 Å². The standard InChI is InChI=1S/C26H21N5O3/c1-15-5-4-6-17(11-15)31-24(27)22(23-25(31)30-19-8-3-2-7-18(19)29-23)26(32)28-13-16-9-10-20-21(12-16)34-14-33-20/h2-12H,13-14,27H2,1H3,(H,28,32). The molecule has 0 saturated heterocycles. The summed E-state index contributed by atoms with van der Waals surface area (Å²) >= 11 is 0. The Kier molecular flexibility index (Phi) is 4.58. The molecule has 0 atom stereocenters. The van der Waals surface area contributed by atoms with Crippen LogP contribution in [0.15, 0.2) is 66.7 Å². The van der Waals surface area contributed by atoms with Gasteiger partial charge in [-0.05, 0) is 54.4 Å². The van der Waals surface area contributed by atoms with Crippen LogP contribution in [0.5, 0.6) is 11.5 Å². The number of fused-ring (bicyclic) bond motifs is 3. The summed E-state index contributed by atoms with van der Waals surface area (Å²) in [5.74, 6) is 1.33. The van der Waals surface area contributed by atoms with Crippen molar-refractivity contribution < 1.29 is 14.3 Å². The third-order valence-electron chi connectivity index (χ3n) is 5.87. The van der Waals surface area contributed by atoms with Crippen molar-refractivity contribution in [2.75, 3.05) is 12.5 Å². The minimum Gasteiger partial charge on any atom is -0.454 e. The fourth-order valence-electron chi connectivity index (χ4n) is 4.24. The summed E-state index contributed by atoms with van der Waals surface area (Å²) in [6.07, 6.45) is 0. The SMILES string of the molecule is Cc1cccc(-n2c(N)c(C(=O)NCc3ccc4c(c3)OCO4)c3nc4ccccc4nc32)c1. The van der Waals surface area contributed by atoms with E-state index in [2.05, 4.69) is 5.32 Å². The zero-order chi connectivity index (χ0) is 23.2. The summed E-state index contributed by atoms with van der Waals surface area (Å²) in [5, 5.41) is 2.97. The number of hydrogen-bond donors (Lipinski definition) is 2. The number of aromatic nitrogens is 3. The molecule has 3 aromatic carbocycles. The van der Waals surface area contributed by atoms with E-state index in [9.17, 15) is 4.79 Å². The van der Waals surface area contributed by atoms with Gasteiger partial charge in [-0.2, -0.15) is 0 Å². The number of carbonyl (C=O) groups excluding carboxylic acids is 1. The molecule has 1 aliphatic rings. The molecule has 0 aliphatic carbocycles. The summed E-state index contributed by atoms with van der Waals surface area (Å²) in [5.41, 5.74) is 12.1. The number of benzene rings is 3. The van der Waals surface area contributed by atoms with Gasteiger partial charge in [0.1, 0.15) is 16.9 Å². The molecule has 0 radical (unpaired) electrons. The van der Waals surface area contributed by atoms with Crippen LogP contribution < -0.4 is 20.5 Å². The van der Waals surface area contributed by atoms with Gasteiger partial charge in [0.15, 0.2) is 17.1 Å². The second-order valence-electron chi connectivity index (χ2n) is 8.19. The molecule has 0 unspecified atom stereocenters. The molecular formula is C26H21N5O3. The van der Waals surface area contributed by atoms with E-state index >= 15 is 0 Å². The lowest BCUT2D eigenvalue weighted by Crippen LogP contribution is -2.24. The number of rotatable bonds is 4. The molecule has 3 heterocycles. The summed E-state index contributed by atoms with van der Waals surface area (Å²) < 4.78 is 12.6. The predicted molar refractivity (Wildman–Crippen MR) is 129 cm³/mol. The number of para-hydroxylation sites is 2. The Morgan fingerprint density at radius 3 is 2.62 bits per heavy atom. The number of carbonyl (C=O) groups is 1. The second-order valence-corrected chi connectivity index (χ2v) is 8.19. The van der Waals surface area contributed by atoms with Crippen LogP contribution in [0.2, 0.25) is 0 Å². The quantitative estimate of drug-likeness (QED) is 0.426. The smallest absolute Gasteiger partial charge is 0.257 e. The molecule has 0 spiro atoms. The third-order valence-corrected chi connectivity index (χ3v) is 5.87. The summed E-state index contributed by atoms with van der Waals surface area (Å²) in [4.78, 5) is 23.0. The lowest BCUT2D eigenvalue weighted by atomic mass is 10.2. The van der Waals surface area contributed by atoms with Crippen LogP contribution in [0.3, 0.4) is 0 Å². The number of nitrogens with one attached hydrogen (secondary N) is 1. The first-order chi connectivity index (χ1) is 16.6. The Hall–Kier alpha value is -4.59. The Balaban J connectivity index is 1.45. The minimum atomic E-state index is -0.323. The number of nitrogen functional groups attached to an aromatic ring is 1. The van der Waals surface area contributed by atoms with Gasteiger partial charge in [-0.25, -0.2) is 9.97 Å². The average molecular weight is 451 g/mol. The lowest BCUT2D eigenvalue weighted by molar-refractivity contribution is 0.0953. The first-order valence-corrected chi connectivity index (χ1v) is 10.9. The number of anilines is 1. The zero-order valence-electron chi connectivity index (χ0n) is 18.4. The highest BCUT2D eigenvalue weighted by Crippen LogP contribution is 2.33. The second kappa shape index (κ2) is 7.77. The van der Waals surface area contributed by atoms with E-state index in [0.717, 1.165) is 22.3 Å². The molecule has 5 aromatic rings. The molecule has 8 nitrogen and oxygen atoms in total. The van der Waals surface area contributed by atoms with Crippen molar-refractivity contribution >= 4 is 33.9 Å². The van der Waals surface area contributed by atoms with E-state index in [4.69, 9.17) is 25.2 Å². The van der Waals surface area contributed by atoms with Gasteiger partial charge >= 0.3 is 0 Å². The van der Waals surface area contributed by atoms with Crippen LogP contribution in [-0.4, -0.2) is 27.2 Å². The Labute approximate surface area is 194 Å². The normalized spacial score (nSPS) is 12.4. The number of ether oxygens (including phenoxy) is 2. The van der Waals surface area contributed by atoms with Gasteiger partial charge in [0.05, 0.1) is 11.0 Å². The largest absolute Gasteiger partial charge is 0.454 e. The molecule has 3 N–H and O–H groups in total. The van der Waals surface area contributed by atoms with Gasteiger partial charge in [0.25, 0.3) is 5.91 Å². The molecule has 0 fully saturated rings. The van der Waals surface area contributed by atoms with Crippen LogP contribution >= 0.6 is 0 Å². The van der Waals surface area contributed by atoms with Crippen LogP contribution in [-0.2, 0) is 6.54 Å². The van der Waals surface area contributed by atoms with Crippen LogP contribution in [0.25, 0.3) is 27.9 Å². The molecular weight excluding hydrogens is 430 g/mol. The minimum absolute atomic E-state index is 0.201. The third kappa shape index (κ3) is 3.27. The Morgan fingerprint density at radius 2 is 1.79 bits per heavy atom. The first kappa shape index (κ1) is 20.0. The maximum Gasteiger partial charge on any atom is 0.257 e.